The van der Waals surface area contributed by atoms with E-state index in [0.717, 1.165) is 31.5 Å². The van der Waals surface area contributed by atoms with Gasteiger partial charge in [0.05, 0.1) is 17.0 Å². The first-order chi connectivity index (χ1) is 9.52. The van der Waals surface area contributed by atoms with Crippen molar-refractivity contribution in [2.24, 2.45) is 5.92 Å². The Morgan fingerprint density at radius 3 is 2.80 bits per heavy atom. The fourth-order valence-corrected chi connectivity index (χ4v) is 4.27. The second-order valence-electron chi connectivity index (χ2n) is 5.54. The van der Waals surface area contributed by atoms with Crippen molar-refractivity contribution >= 4 is 9.84 Å². The van der Waals surface area contributed by atoms with Crippen molar-refractivity contribution in [3.63, 3.8) is 0 Å². The topological polar surface area (TPSA) is 72.0 Å². The van der Waals surface area contributed by atoms with Crippen LogP contribution in [-0.4, -0.2) is 36.4 Å². The minimum Gasteiger partial charge on any atom is -0.309 e. The van der Waals surface area contributed by atoms with E-state index in [1.54, 1.807) is 18.6 Å². The first-order valence-corrected chi connectivity index (χ1v) is 9.16. The predicted octanol–water partition coefficient (Wildman–Crippen LogP) is 1.73. The summed E-state index contributed by atoms with van der Waals surface area (Å²) in [6, 6.07) is 0.0956. The molecule has 6 heteroatoms. The molecule has 0 radical (unpaired) electrons. The largest absolute Gasteiger partial charge is 0.309 e. The van der Waals surface area contributed by atoms with Crippen LogP contribution >= 0.6 is 0 Å². The zero-order valence-corrected chi connectivity index (χ0v) is 12.9. The SMILES string of the molecule is CCNC(c1cnccn1)C1CCCC(S(C)(=O)=O)C1. The van der Waals surface area contributed by atoms with Crippen LogP contribution in [0.25, 0.3) is 0 Å². The molecule has 1 aromatic heterocycles. The van der Waals surface area contributed by atoms with Crippen molar-refractivity contribution in [3.8, 4) is 0 Å². The molecule has 1 aliphatic rings. The van der Waals surface area contributed by atoms with E-state index < -0.39 is 9.84 Å². The van der Waals surface area contributed by atoms with E-state index in [1.165, 1.54) is 6.26 Å². The van der Waals surface area contributed by atoms with Gasteiger partial charge >= 0.3 is 0 Å². The summed E-state index contributed by atoms with van der Waals surface area (Å²) in [7, 11) is -2.95. The van der Waals surface area contributed by atoms with Crippen molar-refractivity contribution in [2.75, 3.05) is 12.8 Å². The average Bonchev–Trinajstić information content (AvgIpc) is 2.45. The highest BCUT2D eigenvalue weighted by atomic mass is 32.2. The van der Waals surface area contributed by atoms with Gasteiger partial charge in [0.25, 0.3) is 0 Å². The van der Waals surface area contributed by atoms with Gasteiger partial charge < -0.3 is 5.32 Å². The normalized spacial score (nSPS) is 25.3. The molecule has 0 aromatic carbocycles. The van der Waals surface area contributed by atoms with Gasteiger partial charge in [-0.25, -0.2) is 8.42 Å². The van der Waals surface area contributed by atoms with Crippen LogP contribution in [0, 0.1) is 5.92 Å². The molecule has 1 aromatic rings. The summed E-state index contributed by atoms with van der Waals surface area (Å²) in [6.07, 6.45) is 9.98. The molecule has 0 amide bonds. The van der Waals surface area contributed by atoms with Crippen LogP contribution in [0.3, 0.4) is 0 Å². The molecular weight excluding hydrogens is 274 g/mol. The van der Waals surface area contributed by atoms with E-state index in [2.05, 4.69) is 22.2 Å². The van der Waals surface area contributed by atoms with Crippen LogP contribution < -0.4 is 5.32 Å². The maximum atomic E-state index is 11.8. The van der Waals surface area contributed by atoms with Gasteiger partial charge in [-0.2, -0.15) is 0 Å². The fourth-order valence-electron chi connectivity index (χ4n) is 3.08. The lowest BCUT2D eigenvalue weighted by Gasteiger charge is -2.33. The van der Waals surface area contributed by atoms with Crippen molar-refractivity contribution in [1.82, 2.24) is 15.3 Å². The Bertz CT molecular complexity index is 518. The number of sulfone groups is 1. The molecular formula is C14H23N3O2S. The van der Waals surface area contributed by atoms with Crippen molar-refractivity contribution in [2.45, 2.75) is 43.9 Å². The highest BCUT2D eigenvalue weighted by Gasteiger charge is 2.33. The van der Waals surface area contributed by atoms with Gasteiger partial charge in [-0.1, -0.05) is 13.3 Å². The van der Waals surface area contributed by atoms with Gasteiger partial charge in [-0.05, 0) is 31.7 Å². The first-order valence-electron chi connectivity index (χ1n) is 7.20. The van der Waals surface area contributed by atoms with Crippen LogP contribution in [0.1, 0.15) is 44.3 Å². The summed E-state index contributed by atoms with van der Waals surface area (Å²) in [4.78, 5) is 8.52. The third-order valence-electron chi connectivity index (χ3n) is 4.07. The average molecular weight is 297 g/mol. The second kappa shape index (κ2) is 6.63. The van der Waals surface area contributed by atoms with Crippen molar-refractivity contribution in [3.05, 3.63) is 24.3 Å². The molecule has 112 valence electrons. The Hall–Kier alpha value is -1.01. The third-order valence-corrected chi connectivity index (χ3v) is 5.71. The van der Waals surface area contributed by atoms with E-state index in [9.17, 15) is 8.42 Å². The van der Waals surface area contributed by atoms with Gasteiger partial charge in [0.1, 0.15) is 9.84 Å². The van der Waals surface area contributed by atoms with Gasteiger partial charge in [0, 0.05) is 24.8 Å². The second-order valence-corrected chi connectivity index (χ2v) is 7.87. The minimum absolute atomic E-state index is 0.0956. The van der Waals surface area contributed by atoms with E-state index in [4.69, 9.17) is 0 Å². The Morgan fingerprint density at radius 2 is 2.20 bits per heavy atom. The number of hydrogen-bond acceptors (Lipinski definition) is 5. The number of hydrogen-bond donors (Lipinski definition) is 1. The molecule has 1 heterocycles. The standard InChI is InChI=1S/C14H23N3O2S/c1-3-16-14(13-10-15-7-8-17-13)11-5-4-6-12(9-11)20(2,18)19/h7-8,10-12,14,16H,3-6,9H2,1-2H3. The van der Waals surface area contributed by atoms with E-state index >= 15 is 0 Å². The Labute approximate surface area is 121 Å². The zero-order chi connectivity index (χ0) is 14.6. The molecule has 3 atom stereocenters. The highest BCUT2D eigenvalue weighted by molar-refractivity contribution is 7.91. The Kier molecular flexibility index (Phi) is 5.10. The van der Waals surface area contributed by atoms with Crippen molar-refractivity contribution < 1.29 is 8.42 Å². The molecule has 0 spiro atoms. The van der Waals surface area contributed by atoms with Gasteiger partial charge in [-0.3, -0.25) is 9.97 Å². The lowest BCUT2D eigenvalue weighted by Crippen LogP contribution is -2.36. The lowest BCUT2D eigenvalue weighted by molar-refractivity contribution is 0.271. The molecule has 20 heavy (non-hydrogen) atoms. The number of aromatic nitrogens is 2. The van der Waals surface area contributed by atoms with Crippen LogP contribution in [0.15, 0.2) is 18.6 Å². The molecule has 0 saturated heterocycles. The quantitative estimate of drug-likeness (QED) is 0.896. The molecule has 5 nitrogen and oxygen atoms in total. The van der Waals surface area contributed by atoms with E-state index in [-0.39, 0.29) is 11.3 Å². The summed E-state index contributed by atoms with van der Waals surface area (Å²) in [6.45, 7) is 2.89. The number of nitrogens with one attached hydrogen (secondary N) is 1. The summed E-state index contributed by atoms with van der Waals surface area (Å²) in [5.74, 6) is 0.306. The molecule has 1 saturated carbocycles. The minimum atomic E-state index is -2.95. The molecule has 1 fully saturated rings. The van der Waals surface area contributed by atoms with Crippen molar-refractivity contribution in [1.29, 1.82) is 0 Å². The molecule has 1 aliphatic carbocycles. The Morgan fingerprint density at radius 1 is 1.40 bits per heavy atom. The van der Waals surface area contributed by atoms with Crippen LogP contribution in [-0.2, 0) is 9.84 Å². The summed E-state index contributed by atoms with van der Waals surface area (Å²) in [5.41, 5.74) is 0.911. The monoisotopic (exact) mass is 297 g/mol. The van der Waals surface area contributed by atoms with Gasteiger partial charge in [-0.15, -0.1) is 0 Å². The first kappa shape index (κ1) is 15.4. The number of rotatable bonds is 5. The Balaban J connectivity index is 2.17. The zero-order valence-electron chi connectivity index (χ0n) is 12.1. The van der Waals surface area contributed by atoms with Crippen LogP contribution in [0.2, 0.25) is 0 Å². The lowest BCUT2D eigenvalue weighted by atomic mass is 9.82. The van der Waals surface area contributed by atoms with Gasteiger partial charge in [0.2, 0.25) is 0 Å². The molecule has 1 N–H and O–H groups in total. The summed E-state index contributed by atoms with van der Waals surface area (Å²) >= 11 is 0. The van der Waals surface area contributed by atoms with E-state index in [0.29, 0.717) is 12.3 Å². The van der Waals surface area contributed by atoms with Gasteiger partial charge in [0.15, 0.2) is 0 Å². The molecule has 0 aliphatic heterocycles. The summed E-state index contributed by atoms with van der Waals surface area (Å²) < 4.78 is 23.6. The highest BCUT2D eigenvalue weighted by Crippen LogP contribution is 2.36. The number of nitrogens with zero attached hydrogens (tertiary/aromatic N) is 2. The van der Waals surface area contributed by atoms with E-state index in [1.807, 2.05) is 0 Å². The maximum Gasteiger partial charge on any atom is 0.150 e. The smallest absolute Gasteiger partial charge is 0.150 e. The predicted molar refractivity (Wildman–Crippen MR) is 79.0 cm³/mol. The third kappa shape index (κ3) is 3.76. The fraction of sp³-hybridized carbons (Fsp3) is 0.714. The maximum absolute atomic E-state index is 11.8. The molecule has 0 bridgehead atoms. The molecule has 2 rings (SSSR count). The van der Waals surface area contributed by atoms with Crippen LogP contribution in [0.4, 0.5) is 0 Å². The van der Waals surface area contributed by atoms with Crippen LogP contribution in [0.5, 0.6) is 0 Å². The summed E-state index contributed by atoms with van der Waals surface area (Å²) in [5, 5.41) is 3.23. The molecule has 3 unspecified atom stereocenters.